The van der Waals surface area contributed by atoms with E-state index < -0.39 is 5.92 Å². The van der Waals surface area contributed by atoms with Crippen LogP contribution in [0.1, 0.15) is 69.7 Å². The molecule has 7 nitrogen and oxygen atoms in total. The molecule has 1 amide bonds. The highest BCUT2D eigenvalue weighted by molar-refractivity contribution is 7.18. The SMILES string of the molecule is CCC(=O)C[C@@H](Cc1nc2ccc(Cl)cc2s1)C(=O)N[C@H](CCC(=O)/C=C/CN1CCCCC1)C1CCOCC1. The van der Waals surface area contributed by atoms with Gasteiger partial charge < -0.3 is 10.1 Å². The lowest BCUT2D eigenvalue weighted by Gasteiger charge is -2.32. The summed E-state index contributed by atoms with van der Waals surface area (Å²) < 4.78 is 6.53. The van der Waals surface area contributed by atoms with Gasteiger partial charge in [-0.2, -0.15) is 0 Å². The van der Waals surface area contributed by atoms with Gasteiger partial charge in [-0.05, 0) is 75.4 Å². The van der Waals surface area contributed by atoms with Gasteiger partial charge in [0.25, 0.3) is 0 Å². The average Bonchev–Trinajstić information content (AvgIpc) is 3.37. The second kappa shape index (κ2) is 15.8. The van der Waals surface area contributed by atoms with Crippen molar-refractivity contribution >= 4 is 50.6 Å². The van der Waals surface area contributed by atoms with Crippen LogP contribution in [0.15, 0.2) is 30.4 Å². The van der Waals surface area contributed by atoms with Crippen molar-refractivity contribution in [1.29, 1.82) is 0 Å². The Kier molecular flexibility index (Phi) is 12.1. The molecule has 2 atom stereocenters. The van der Waals surface area contributed by atoms with E-state index in [1.54, 1.807) is 12.1 Å². The number of halogens is 1. The number of carbonyl (C=O) groups is 3. The maximum Gasteiger partial charge on any atom is 0.224 e. The zero-order chi connectivity index (χ0) is 28.3. The zero-order valence-corrected chi connectivity index (χ0v) is 25.1. The molecule has 2 aliphatic rings. The minimum Gasteiger partial charge on any atom is -0.381 e. The van der Waals surface area contributed by atoms with Crippen LogP contribution >= 0.6 is 22.9 Å². The van der Waals surface area contributed by atoms with Crippen LogP contribution in [-0.2, 0) is 25.5 Å². The van der Waals surface area contributed by atoms with E-state index in [2.05, 4.69) is 10.2 Å². The number of aromatic nitrogens is 1. The van der Waals surface area contributed by atoms with Crippen LogP contribution in [0.25, 0.3) is 10.2 Å². The van der Waals surface area contributed by atoms with Crippen LogP contribution in [-0.4, -0.2) is 66.2 Å². The van der Waals surface area contributed by atoms with E-state index in [0.29, 0.717) is 43.9 Å². The van der Waals surface area contributed by atoms with Gasteiger partial charge in [0.2, 0.25) is 5.91 Å². The lowest BCUT2D eigenvalue weighted by Crippen LogP contribution is -2.45. The van der Waals surface area contributed by atoms with Gasteiger partial charge in [-0.1, -0.05) is 31.0 Å². The normalized spacial score (nSPS) is 18.6. The van der Waals surface area contributed by atoms with Crippen LogP contribution in [0.5, 0.6) is 0 Å². The Balaban J connectivity index is 1.40. The van der Waals surface area contributed by atoms with E-state index >= 15 is 0 Å². The number of carbonyl (C=O) groups excluding carboxylic acids is 3. The quantitative estimate of drug-likeness (QED) is 0.282. The Morgan fingerprint density at radius 1 is 1.20 bits per heavy atom. The first kappa shape index (κ1) is 30.8. The number of piperidine rings is 1. The summed E-state index contributed by atoms with van der Waals surface area (Å²) in [5.41, 5.74) is 0.845. The molecule has 2 saturated heterocycles. The zero-order valence-electron chi connectivity index (χ0n) is 23.5. The van der Waals surface area contributed by atoms with Gasteiger partial charge in [0.15, 0.2) is 5.78 Å². The Morgan fingerprint density at radius 3 is 2.73 bits per heavy atom. The molecule has 0 saturated carbocycles. The van der Waals surface area contributed by atoms with Gasteiger partial charge in [0.1, 0.15) is 5.78 Å². The van der Waals surface area contributed by atoms with Crippen molar-refractivity contribution in [1.82, 2.24) is 15.2 Å². The number of amides is 1. The van der Waals surface area contributed by atoms with Gasteiger partial charge in [-0.25, -0.2) is 4.98 Å². The molecular weight excluding hydrogens is 546 g/mol. The molecule has 2 aliphatic heterocycles. The number of Topliss-reactive ketones (excluding diaryl/α,β-unsaturated/α-hetero) is 1. The van der Waals surface area contributed by atoms with Gasteiger partial charge in [0, 0.05) is 56.5 Å². The predicted molar refractivity (Wildman–Crippen MR) is 161 cm³/mol. The fourth-order valence-electron chi connectivity index (χ4n) is 5.62. The first-order valence-corrected chi connectivity index (χ1v) is 16.0. The minimum atomic E-state index is -0.508. The summed E-state index contributed by atoms with van der Waals surface area (Å²) in [4.78, 5) is 45.9. The fourth-order valence-corrected chi connectivity index (χ4v) is 6.95. The highest BCUT2D eigenvalue weighted by Crippen LogP contribution is 2.28. The Hall–Kier alpha value is -2.13. The number of ether oxygens (including phenoxy) is 1. The second-order valence-electron chi connectivity index (χ2n) is 11.1. The highest BCUT2D eigenvalue weighted by Gasteiger charge is 2.30. The molecule has 1 N–H and O–H groups in total. The summed E-state index contributed by atoms with van der Waals surface area (Å²) in [7, 11) is 0. The molecular formula is C31H42ClN3O4S. The molecule has 2 aromatic rings. The number of likely N-dealkylation sites (tertiary alicyclic amines) is 1. The number of hydrogen-bond acceptors (Lipinski definition) is 7. The lowest BCUT2D eigenvalue weighted by atomic mass is 9.87. The molecule has 40 heavy (non-hydrogen) atoms. The highest BCUT2D eigenvalue weighted by atomic mass is 35.5. The lowest BCUT2D eigenvalue weighted by molar-refractivity contribution is -0.130. The van der Waals surface area contributed by atoms with Crippen LogP contribution in [0.4, 0.5) is 0 Å². The van der Waals surface area contributed by atoms with Crippen molar-refractivity contribution in [3.05, 3.63) is 40.4 Å². The van der Waals surface area contributed by atoms with E-state index in [9.17, 15) is 14.4 Å². The summed E-state index contributed by atoms with van der Waals surface area (Å²) in [5.74, 6) is -0.250. The van der Waals surface area contributed by atoms with Gasteiger partial charge in [-0.3, -0.25) is 19.3 Å². The number of hydrogen-bond donors (Lipinski definition) is 1. The monoisotopic (exact) mass is 587 g/mol. The summed E-state index contributed by atoms with van der Waals surface area (Å²) in [6, 6.07) is 5.43. The van der Waals surface area contributed by atoms with Gasteiger partial charge in [-0.15, -0.1) is 11.3 Å². The molecule has 0 bridgehead atoms. The third-order valence-electron chi connectivity index (χ3n) is 8.04. The molecule has 1 aromatic carbocycles. The van der Waals surface area contributed by atoms with Crippen LogP contribution in [0, 0.1) is 11.8 Å². The van der Waals surface area contributed by atoms with Crippen molar-refractivity contribution in [3.63, 3.8) is 0 Å². The number of allylic oxidation sites excluding steroid dienone is 1. The van der Waals surface area contributed by atoms with Crippen molar-refractivity contribution in [2.45, 2.75) is 77.2 Å². The van der Waals surface area contributed by atoms with Crippen molar-refractivity contribution in [2.24, 2.45) is 11.8 Å². The summed E-state index contributed by atoms with van der Waals surface area (Å²) in [6.45, 7) is 6.16. The van der Waals surface area contributed by atoms with Gasteiger partial charge >= 0.3 is 0 Å². The second-order valence-corrected chi connectivity index (χ2v) is 12.6. The van der Waals surface area contributed by atoms with Crippen molar-refractivity contribution in [3.8, 4) is 0 Å². The molecule has 1 aromatic heterocycles. The Bertz CT molecular complexity index is 1170. The van der Waals surface area contributed by atoms with Crippen LogP contribution < -0.4 is 5.32 Å². The predicted octanol–water partition coefficient (Wildman–Crippen LogP) is 5.78. The third kappa shape index (κ3) is 9.47. The number of nitrogens with zero attached hydrogens (tertiary/aromatic N) is 2. The smallest absolute Gasteiger partial charge is 0.224 e. The first-order chi connectivity index (χ1) is 19.4. The maximum atomic E-state index is 13.7. The van der Waals surface area contributed by atoms with Crippen molar-refractivity contribution < 1.29 is 19.1 Å². The number of nitrogens with one attached hydrogen (secondary N) is 1. The van der Waals surface area contributed by atoms with Crippen LogP contribution in [0.2, 0.25) is 5.02 Å². The van der Waals surface area contributed by atoms with E-state index in [-0.39, 0.29) is 35.9 Å². The largest absolute Gasteiger partial charge is 0.381 e. The third-order valence-corrected chi connectivity index (χ3v) is 9.31. The summed E-state index contributed by atoms with van der Waals surface area (Å²) in [5, 5.41) is 4.73. The van der Waals surface area contributed by atoms with Crippen molar-refractivity contribution in [2.75, 3.05) is 32.8 Å². The Morgan fingerprint density at radius 2 is 1.98 bits per heavy atom. The molecule has 3 heterocycles. The molecule has 218 valence electrons. The van der Waals surface area contributed by atoms with E-state index in [1.165, 1.54) is 30.6 Å². The Labute approximate surface area is 246 Å². The van der Waals surface area contributed by atoms with Crippen LogP contribution in [0.3, 0.4) is 0 Å². The van der Waals surface area contributed by atoms with E-state index in [1.807, 2.05) is 25.1 Å². The maximum absolute atomic E-state index is 13.7. The minimum absolute atomic E-state index is 0.0564. The van der Waals surface area contributed by atoms with E-state index in [0.717, 1.165) is 47.7 Å². The molecule has 0 aliphatic carbocycles. The number of ketones is 2. The molecule has 0 unspecified atom stereocenters. The fraction of sp³-hybridized carbons (Fsp3) is 0.613. The summed E-state index contributed by atoms with van der Waals surface area (Å²) in [6.07, 6.45) is 11.1. The number of benzene rings is 1. The standard InChI is InChI=1S/C31H42ClN3O4S/c1-2-25(36)19-23(20-30-33-28-10-8-24(32)21-29(28)40-30)31(38)34-27(22-12-17-39-18-13-22)11-9-26(37)7-6-16-35-14-4-3-5-15-35/h6-8,10,21-23,27H,2-5,9,11-20H2,1H3,(H,34,38)/b7-6+/t23-,27+/m0/s1. The molecule has 4 rings (SSSR count). The van der Waals surface area contributed by atoms with Gasteiger partial charge in [0.05, 0.1) is 21.1 Å². The number of fused-ring (bicyclic) bond motifs is 1. The number of thiazole rings is 1. The number of rotatable bonds is 14. The molecule has 0 spiro atoms. The average molecular weight is 588 g/mol. The molecule has 9 heteroatoms. The summed E-state index contributed by atoms with van der Waals surface area (Å²) >= 11 is 7.66. The molecule has 0 radical (unpaired) electrons. The topological polar surface area (TPSA) is 88.6 Å². The molecule has 2 fully saturated rings. The van der Waals surface area contributed by atoms with E-state index in [4.69, 9.17) is 21.3 Å². The first-order valence-electron chi connectivity index (χ1n) is 14.8.